The van der Waals surface area contributed by atoms with Crippen LogP contribution in [-0.2, 0) is 9.53 Å². The Morgan fingerprint density at radius 3 is 2.43 bits per heavy atom. The van der Waals surface area contributed by atoms with E-state index in [2.05, 4.69) is 31.3 Å². The maximum atomic E-state index is 13.2. The van der Waals surface area contributed by atoms with Crippen LogP contribution >= 0.6 is 0 Å². The topological polar surface area (TPSA) is 152 Å². The summed E-state index contributed by atoms with van der Waals surface area (Å²) in [5.41, 5.74) is 3.32. The molecule has 0 spiro atoms. The molecule has 1 aliphatic rings. The van der Waals surface area contributed by atoms with Gasteiger partial charge in [-0.3, -0.25) is 10.1 Å². The van der Waals surface area contributed by atoms with Crippen LogP contribution in [0.15, 0.2) is 85.1 Å². The molecule has 240 valence electrons. The first kappa shape index (κ1) is 31.0. The highest BCUT2D eigenvalue weighted by atomic mass is 16.5. The highest BCUT2D eigenvalue weighted by Crippen LogP contribution is 2.35. The van der Waals surface area contributed by atoms with Gasteiger partial charge in [-0.2, -0.15) is 5.10 Å². The molecule has 0 unspecified atom stereocenters. The number of hydrogen-bond donors (Lipinski definition) is 4. The molecular weight excluding hydrogens is 600 g/mol. The van der Waals surface area contributed by atoms with Crippen LogP contribution in [0.3, 0.4) is 0 Å². The van der Waals surface area contributed by atoms with Crippen LogP contribution in [0.5, 0.6) is 11.5 Å². The van der Waals surface area contributed by atoms with Gasteiger partial charge in [0.15, 0.2) is 0 Å². The summed E-state index contributed by atoms with van der Waals surface area (Å²) in [6.07, 6.45) is 1.52. The SMILES string of the molecule is Cc1ccc(-n2nc(C)cc2NC(=O)Nc2ccc(Oc3ccnc(NC(=O)CNC(=O)N4CCOCC4)c3)c3ccccc23)cc1. The highest BCUT2D eigenvalue weighted by Gasteiger charge is 2.18. The standard InChI is InChI=1S/C34H34N8O5/c1-22-7-9-24(10-8-22)42-31(19-23(2)40-42)39-33(44)37-28-11-12-29(27-6-4-3-5-26(27)28)47-25-13-14-35-30(20-25)38-32(43)21-36-34(45)41-15-17-46-18-16-41/h3-14,19-20H,15-18,21H2,1-2H3,(H,36,45)(H,35,38,43)(H2,37,39,44). The predicted molar refractivity (Wildman–Crippen MR) is 178 cm³/mol. The van der Waals surface area contributed by atoms with Crippen molar-refractivity contribution < 1.29 is 23.9 Å². The summed E-state index contributed by atoms with van der Waals surface area (Å²) in [5.74, 6) is 1.37. The number of carbonyl (C=O) groups is 3. The molecule has 5 aromatic rings. The third kappa shape index (κ3) is 7.65. The van der Waals surface area contributed by atoms with Crippen LogP contribution in [0, 0.1) is 13.8 Å². The normalized spacial score (nSPS) is 12.8. The van der Waals surface area contributed by atoms with E-state index in [1.165, 1.54) is 6.20 Å². The summed E-state index contributed by atoms with van der Waals surface area (Å²) in [7, 11) is 0. The summed E-state index contributed by atoms with van der Waals surface area (Å²) in [5, 5.41) is 17.2. The molecule has 47 heavy (non-hydrogen) atoms. The number of aromatic nitrogens is 3. The van der Waals surface area contributed by atoms with Crippen molar-refractivity contribution >= 4 is 46.1 Å². The number of morpholine rings is 1. The van der Waals surface area contributed by atoms with Gasteiger partial charge in [0.2, 0.25) is 5.91 Å². The Hall–Kier alpha value is -5.95. The second-order valence-corrected chi connectivity index (χ2v) is 10.9. The number of carbonyl (C=O) groups excluding carboxylic acids is 3. The van der Waals surface area contributed by atoms with Gasteiger partial charge in [0.05, 0.1) is 36.8 Å². The van der Waals surface area contributed by atoms with Gasteiger partial charge in [-0.15, -0.1) is 0 Å². The minimum Gasteiger partial charge on any atom is -0.457 e. The van der Waals surface area contributed by atoms with Crippen molar-refractivity contribution in [2.75, 3.05) is 48.8 Å². The molecule has 5 amide bonds. The number of aryl methyl sites for hydroxylation is 2. The first-order chi connectivity index (χ1) is 22.8. The summed E-state index contributed by atoms with van der Waals surface area (Å²) < 4.78 is 13.1. The lowest BCUT2D eigenvalue weighted by Crippen LogP contribution is -2.47. The number of urea groups is 2. The highest BCUT2D eigenvalue weighted by molar-refractivity contribution is 6.07. The van der Waals surface area contributed by atoms with Crippen molar-refractivity contribution in [3.05, 3.63) is 96.3 Å². The number of hydrogen-bond acceptors (Lipinski definition) is 7. The Morgan fingerprint density at radius 1 is 0.872 bits per heavy atom. The second kappa shape index (κ2) is 14.0. The van der Waals surface area contributed by atoms with E-state index in [1.807, 2.05) is 62.4 Å². The minimum atomic E-state index is -0.424. The molecule has 4 N–H and O–H groups in total. The molecular formula is C34H34N8O5. The fourth-order valence-electron chi connectivity index (χ4n) is 5.10. The predicted octanol–water partition coefficient (Wildman–Crippen LogP) is 5.45. The third-order valence-electron chi connectivity index (χ3n) is 7.41. The van der Waals surface area contributed by atoms with E-state index >= 15 is 0 Å². The van der Waals surface area contributed by atoms with E-state index in [0.717, 1.165) is 27.7 Å². The van der Waals surface area contributed by atoms with Gasteiger partial charge in [0.25, 0.3) is 0 Å². The molecule has 3 heterocycles. The van der Waals surface area contributed by atoms with Crippen LogP contribution in [-0.4, -0.2) is 70.5 Å². The van der Waals surface area contributed by atoms with E-state index in [1.54, 1.807) is 39.9 Å². The lowest BCUT2D eigenvalue weighted by atomic mass is 10.1. The monoisotopic (exact) mass is 634 g/mol. The second-order valence-electron chi connectivity index (χ2n) is 10.9. The molecule has 1 saturated heterocycles. The van der Waals surface area contributed by atoms with Gasteiger partial charge in [-0.25, -0.2) is 19.3 Å². The fourth-order valence-corrected chi connectivity index (χ4v) is 5.10. The first-order valence-electron chi connectivity index (χ1n) is 15.1. The minimum absolute atomic E-state index is 0.205. The molecule has 1 aliphatic heterocycles. The van der Waals surface area contributed by atoms with Crippen molar-refractivity contribution in [1.29, 1.82) is 0 Å². The summed E-state index contributed by atoms with van der Waals surface area (Å²) in [6, 6.07) is 23.3. The van der Waals surface area contributed by atoms with E-state index in [4.69, 9.17) is 9.47 Å². The van der Waals surface area contributed by atoms with Gasteiger partial charge in [0.1, 0.15) is 23.1 Å². The summed E-state index contributed by atoms with van der Waals surface area (Å²) in [6.45, 7) is 5.58. The number of nitrogens with one attached hydrogen (secondary N) is 4. The molecule has 1 fully saturated rings. The Morgan fingerprint density at radius 2 is 1.64 bits per heavy atom. The van der Waals surface area contributed by atoms with E-state index in [0.29, 0.717) is 49.3 Å². The van der Waals surface area contributed by atoms with Crippen molar-refractivity contribution in [3.63, 3.8) is 0 Å². The fraction of sp³-hybridized carbons (Fsp3) is 0.206. The van der Waals surface area contributed by atoms with Crippen molar-refractivity contribution in [1.82, 2.24) is 25.0 Å². The van der Waals surface area contributed by atoms with Crippen molar-refractivity contribution in [2.24, 2.45) is 0 Å². The number of anilines is 3. The quantitative estimate of drug-likeness (QED) is 0.177. The maximum Gasteiger partial charge on any atom is 0.324 e. The first-order valence-corrected chi connectivity index (χ1v) is 15.1. The van der Waals surface area contributed by atoms with Crippen LogP contribution in [0.4, 0.5) is 26.9 Å². The number of nitrogens with zero attached hydrogens (tertiary/aromatic N) is 4. The molecule has 0 radical (unpaired) electrons. The zero-order valence-corrected chi connectivity index (χ0v) is 25.9. The van der Waals surface area contributed by atoms with E-state index < -0.39 is 11.9 Å². The zero-order chi connectivity index (χ0) is 32.8. The van der Waals surface area contributed by atoms with Crippen molar-refractivity contribution in [3.8, 4) is 17.2 Å². The number of rotatable bonds is 8. The molecule has 0 bridgehead atoms. The molecule has 0 aliphatic carbocycles. The van der Waals surface area contributed by atoms with Gasteiger partial charge < -0.3 is 30.3 Å². The van der Waals surface area contributed by atoms with Crippen LogP contribution < -0.4 is 26.0 Å². The lowest BCUT2D eigenvalue weighted by Gasteiger charge is -2.26. The average Bonchev–Trinajstić information content (AvgIpc) is 3.44. The molecule has 3 aromatic carbocycles. The number of fused-ring (bicyclic) bond motifs is 1. The smallest absolute Gasteiger partial charge is 0.324 e. The lowest BCUT2D eigenvalue weighted by molar-refractivity contribution is -0.115. The largest absolute Gasteiger partial charge is 0.457 e. The Balaban J connectivity index is 1.11. The number of benzene rings is 3. The molecule has 13 nitrogen and oxygen atoms in total. The Labute approximate surface area is 270 Å². The molecule has 2 aromatic heterocycles. The van der Waals surface area contributed by atoms with Crippen LogP contribution in [0.25, 0.3) is 16.5 Å². The summed E-state index contributed by atoms with van der Waals surface area (Å²) >= 11 is 0. The molecule has 0 atom stereocenters. The number of amides is 5. The number of pyridine rings is 1. The van der Waals surface area contributed by atoms with Crippen LogP contribution in [0.2, 0.25) is 0 Å². The molecule has 6 rings (SSSR count). The van der Waals surface area contributed by atoms with E-state index in [9.17, 15) is 14.4 Å². The number of ether oxygens (including phenoxy) is 2. The maximum absolute atomic E-state index is 13.2. The average molecular weight is 635 g/mol. The zero-order valence-electron chi connectivity index (χ0n) is 25.9. The molecule has 0 saturated carbocycles. The Bertz CT molecular complexity index is 1920. The van der Waals surface area contributed by atoms with Gasteiger partial charge in [-0.1, -0.05) is 42.0 Å². The van der Waals surface area contributed by atoms with Gasteiger partial charge >= 0.3 is 12.1 Å². The third-order valence-corrected chi connectivity index (χ3v) is 7.41. The van der Waals surface area contributed by atoms with Gasteiger partial charge in [-0.05, 0) is 44.2 Å². The van der Waals surface area contributed by atoms with Gasteiger partial charge in [0, 0.05) is 42.2 Å². The Kier molecular flexibility index (Phi) is 9.25. The van der Waals surface area contributed by atoms with E-state index in [-0.39, 0.29) is 18.4 Å². The van der Waals surface area contributed by atoms with Crippen LogP contribution in [0.1, 0.15) is 11.3 Å². The molecule has 13 heteroatoms. The summed E-state index contributed by atoms with van der Waals surface area (Å²) in [4.78, 5) is 43.7. The van der Waals surface area contributed by atoms with Crippen molar-refractivity contribution in [2.45, 2.75) is 13.8 Å².